The number of halogens is 1. The first-order valence-electron chi connectivity index (χ1n) is 10.7. The van der Waals surface area contributed by atoms with E-state index in [0.29, 0.717) is 12.3 Å². The molecule has 2 aliphatic rings. The van der Waals surface area contributed by atoms with Crippen LogP contribution in [0.1, 0.15) is 43.2 Å². The van der Waals surface area contributed by atoms with Crippen LogP contribution < -0.4 is 10.1 Å². The van der Waals surface area contributed by atoms with Gasteiger partial charge in [0.05, 0.1) is 6.04 Å². The molecule has 1 saturated carbocycles. The predicted octanol–water partition coefficient (Wildman–Crippen LogP) is 3.97. The first-order chi connectivity index (χ1) is 14.9. The van der Waals surface area contributed by atoms with Crippen LogP contribution in [-0.2, 0) is 11.2 Å². The van der Waals surface area contributed by atoms with E-state index in [4.69, 9.17) is 4.74 Å². The van der Waals surface area contributed by atoms with Crippen LogP contribution >= 0.6 is 11.3 Å². The molecule has 1 atom stereocenters. The van der Waals surface area contributed by atoms with E-state index in [1.165, 1.54) is 17.0 Å². The number of amides is 3. The van der Waals surface area contributed by atoms with E-state index in [1.54, 1.807) is 28.4 Å². The summed E-state index contributed by atoms with van der Waals surface area (Å²) in [5.74, 6) is -0.0114. The van der Waals surface area contributed by atoms with Crippen molar-refractivity contribution in [1.82, 2.24) is 15.1 Å². The number of carbonyl (C=O) groups excluding carboxylic acids is 2. The summed E-state index contributed by atoms with van der Waals surface area (Å²) in [5.41, 5.74) is 1.07. The van der Waals surface area contributed by atoms with E-state index in [-0.39, 0.29) is 49.0 Å². The van der Waals surface area contributed by atoms with Gasteiger partial charge in [0.2, 0.25) is 5.91 Å². The minimum absolute atomic E-state index is 0.0135. The lowest BCUT2D eigenvalue weighted by Crippen LogP contribution is -2.51. The second-order valence-corrected chi connectivity index (χ2v) is 9.38. The third-order valence-electron chi connectivity index (χ3n) is 5.59. The minimum atomic E-state index is -0.360. The van der Waals surface area contributed by atoms with Gasteiger partial charge < -0.3 is 19.9 Å². The predicted molar refractivity (Wildman–Crippen MR) is 118 cm³/mol. The molecule has 31 heavy (non-hydrogen) atoms. The molecule has 1 aromatic heterocycles. The zero-order chi connectivity index (χ0) is 22.0. The van der Waals surface area contributed by atoms with Gasteiger partial charge in [-0.25, -0.2) is 9.18 Å². The number of urea groups is 1. The second-order valence-electron chi connectivity index (χ2n) is 8.38. The van der Waals surface area contributed by atoms with Gasteiger partial charge in [-0.15, -0.1) is 11.3 Å². The van der Waals surface area contributed by atoms with E-state index in [2.05, 4.69) is 5.32 Å². The zero-order valence-corrected chi connectivity index (χ0v) is 18.7. The molecule has 166 valence electrons. The van der Waals surface area contributed by atoms with Crippen LogP contribution in [0.3, 0.4) is 0 Å². The van der Waals surface area contributed by atoms with Gasteiger partial charge in [-0.1, -0.05) is 6.07 Å². The summed E-state index contributed by atoms with van der Waals surface area (Å²) >= 11 is 1.68. The molecule has 3 amide bonds. The molecule has 1 N–H and O–H groups in total. The van der Waals surface area contributed by atoms with Crippen LogP contribution in [0.2, 0.25) is 0 Å². The van der Waals surface area contributed by atoms with Crippen LogP contribution in [0.4, 0.5) is 9.18 Å². The highest BCUT2D eigenvalue weighted by Gasteiger charge is 2.38. The Morgan fingerprint density at radius 3 is 2.84 bits per heavy atom. The molecule has 0 spiro atoms. The van der Waals surface area contributed by atoms with Gasteiger partial charge in [-0.05, 0) is 62.3 Å². The van der Waals surface area contributed by atoms with Gasteiger partial charge in [0.15, 0.2) is 0 Å². The summed E-state index contributed by atoms with van der Waals surface area (Å²) < 4.78 is 19.4. The highest BCUT2D eigenvalue weighted by Crippen LogP contribution is 2.34. The highest BCUT2D eigenvalue weighted by molar-refractivity contribution is 7.10. The molecule has 2 heterocycles. The topological polar surface area (TPSA) is 61.9 Å². The van der Waals surface area contributed by atoms with Gasteiger partial charge in [0.25, 0.3) is 0 Å². The van der Waals surface area contributed by atoms with Crippen molar-refractivity contribution in [3.63, 3.8) is 0 Å². The summed E-state index contributed by atoms with van der Waals surface area (Å²) in [6.45, 7) is 4.69. The minimum Gasteiger partial charge on any atom is -0.491 e. The van der Waals surface area contributed by atoms with Crippen LogP contribution in [0.5, 0.6) is 5.75 Å². The number of hydrogen-bond acceptors (Lipinski definition) is 4. The first-order valence-corrected chi connectivity index (χ1v) is 11.6. The Labute approximate surface area is 186 Å². The number of rotatable bonds is 7. The molecule has 2 aromatic rings. The van der Waals surface area contributed by atoms with Crippen molar-refractivity contribution in [2.75, 3.05) is 19.7 Å². The molecule has 4 rings (SSSR count). The Morgan fingerprint density at radius 1 is 1.32 bits per heavy atom. The van der Waals surface area contributed by atoms with E-state index in [0.717, 1.165) is 24.8 Å². The summed E-state index contributed by atoms with van der Waals surface area (Å²) in [4.78, 5) is 30.7. The number of nitrogens with zero attached hydrogens (tertiary/aromatic N) is 2. The molecular weight excluding hydrogens is 417 g/mol. The maximum Gasteiger partial charge on any atom is 0.318 e. The summed E-state index contributed by atoms with van der Waals surface area (Å²) in [7, 11) is 0. The fraction of sp³-hybridized carbons (Fsp3) is 0.478. The van der Waals surface area contributed by atoms with E-state index in [9.17, 15) is 14.0 Å². The summed E-state index contributed by atoms with van der Waals surface area (Å²) in [6.07, 6.45) is 2.65. The Morgan fingerprint density at radius 2 is 2.13 bits per heavy atom. The largest absolute Gasteiger partial charge is 0.491 e. The van der Waals surface area contributed by atoms with Crippen molar-refractivity contribution in [3.8, 4) is 5.75 Å². The molecule has 6 nitrogen and oxygen atoms in total. The number of benzene rings is 1. The number of fused-ring (bicyclic) bond motifs is 1. The molecule has 1 aromatic carbocycles. The molecule has 0 saturated heterocycles. The standard InChI is InChI=1S/C23H28FN3O3S/c1-15(2)25-23(29)27(17-6-7-17)13-22(28)26-10-8-21-19(9-11-31-21)20(26)14-30-18-5-3-4-16(24)12-18/h3-5,9,11-12,15,17,20H,6-8,10,13-14H2,1-2H3,(H,25,29). The van der Waals surface area contributed by atoms with Gasteiger partial charge in [0.1, 0.15) is 24.7 Å². The van der Waals surface area contributed by atoms with Crippen LogP contribution in [0, 0.1) is 5.82 Å². The van der Waals surface area contributed by atoms with E-state index >= 15 is 0 Å². The average molecular weight is 446 g/mol. The Balaban J connectivity index is 1.49. The number of thiophene rings is 1. The maximum atomic E-state index is 13.5. The van der Waals surface area contributed by atoms with Crippen molar-refractivity contribution < 1.29 is 18.7 Å². The Hall–Kier alpha value is -2.61. The molecule has 1 aliphatic heterocycles. The van der Waals surface area contributed by atoms with Gasteiger partial charge in [-0.3, -0.25) is 4.79 Å². The average Bonchev–Trinajstić information content (AvgIpc) is 3.45. The van der Waals surface area contributed by atoms with Crippen LogP contribution in [0.25, 0.3) is 0 Å². The van der Waals surface area contributed by atoms with Crippen molar-refractivity contribution in [2.45, 2.75) is 51.2 Å². The highest BCUT2D eigenvalue weighted by atomic mass is 32.1. The molecule has 1 unspecified atom stereocenters. The number of nitrogens with one attached hydrogen (secondary N) is 1. The van der Waals surface area contributed by atoms with Gasteiger partial charge in [0, 0.05) is 29.6 Å². The van der Waals surface area contributed by atoms with Crippen molar-refractivity contribution in [3.05, 3.63) is 52.0 Å². The Kier molecular flexibility index (Phi) is 6.46. The molecule has 0 bridgehead atoms. The Bertz CT molecular complexity index is 944. The quantitative estimate of drug-likeness (QED) is 0.701. The third-order valence-corrected chi connectivity index (χ3v) is 6.58. The zero-order valence-electron chi connectivity index (χ0n) is 17.8. The number of carbonyl (C=O) groups is 2. The van der Waals surface area contributed by atoms with Crippen LogP contribution in [0.15, 0.2) is 35.7 Å². The lowest BCUT2D eigenvalue weighted by molar-refractivity contribution is -0.135. The monoisotopic (exact) mass is 445 g/mol. The molecule has 1 aliphatic carbocycles. The van der Waals surface area contributed by atoms with E-state index in [1.807, 2.05) is 30.2 Å². The van der Waals surface area contributed by atoms with Gasteiger partial charge in [-0.2, -0.15) is 0 Å². The van der Waals surface area contributed by atoms with Crippen molar-refractivity contribution in [1.29, 1.82) is 0 Å². The molecule has 0 radical (unpaired) electrons. The smallest absolute Gasteiger partial charge is 0.318 e. The SMILES string of the molecule is CC(C)NC(=O)N(CC(=O)N1CCc2sccc2C1COc1cccc(F)c1)C1CC1. The lowest BCUT2D eigenvalue weighted by Gasteiger charge is -2.37. The fourth-order valence-corrected chi connectivity index (χ4v) is 4.85. The maximum absolute atomic E-state index is 13.5. The van der Waals surface area contributed by atoms with Crippen molar-refractivity contribution >= 4 is 23.3 Å². The van der Waals surface area contributed by atoms with Gasteiger partial charge >= 0.3 is 6.03 Å². The second kappa shape index (κ2) is 9.26. The van der Waals surface area contributed by atoms with E-state index < -0.39 is 0 Å². The molecular formula is C23H28FN3O3S. The summed E-state index contributed by atoms with van der Waals surface area (Å²) in [5, 5.41) is 4.93. The normalized spacial score (nSPS) is 17.9. The van der Waals surface area contributed by atoms with Crippen LogP contribution in [-0.4, -0.2) is 53.5 Å². The first kappa shape index (κ1) is 21.6. The molecule has 1 fully saturated rings. The summed E-state index contributed by atoms with van der Waals surface area (Å²) in [6, 6.07) is 7.74. The molecule has 8 heteroatoms. The number of hydrogen-bond donors (Lipinski definition) is 1. The third kappa shape index (κ3) is 5.18. The lowest BCUT2D eigenvalue weighted by atomic mass is 10.0. The fourth-order valence-electron chi connectivity index (χ4n) is 3.93. The number of ether oxygens (including phenoxy) is 1. The van der Waals surface area contributed by atoms with Crippen molar-refractivity contribution in [2.24, 2.45) is 0 Å².